The third-order valence-corrected chi connectivity index (χ3v) is 6.26. The maximum absolute atomic E-state index is 12.2. The highest BCUT2D eigenvalue weighted by atomic mass is 16.3. The van der Waals surface area contributed by atoms with Gasteiger partial charge in [0.25, 0.3) is 5.91 Å². The van der Waals surface area contributed by atoms with Crippen LogP contribution in [0.4, 0.5) is 0 Å². The molecule has 34 heavy (non-hydrogen) atoms. The average molecular weight is 462 g/mol. The van der Waals surface area contributed by atoms with E-state index >= 15 is 0 Å². The summed E-state index contributed by atoms with van der Waals surface area (Å²) in [6.45, 7) is 3.94. The number of carbonyl (C=O) groups is 2. The summed E-state index contributed by atoms with van der Waals surface area (Å²) in [6, 6.07) is 7.77. The molecule has 0 unspecified atom stereocenters. The number of nitriles is 1. The number of carbonyl (C=O) groups excluding carboxylic acids is 2. The van der Waals surface area contributed by atoms with E-state index in [2.05, 4.69) is 21.2 Å². The van der Waals surface area contributed by atoms with Crippen molar-refractivity contribution < 1.29 is 14.0 Å². The van der Waals surface area contributed by atoms with Gasteiger partial charge in [0.05, 0.1) is 17.3 Å². The molecule has 0 spiro atoms. The normalized spacial score (nSPS) is 22.0. The topological polar surface area (TPSA) is 169 Å². The maximum Gasteiger partial charge on any atom is 0.290 e. The highest BCUT2D eigenvalue weighted by Crippen LogP contribution is 2.33. The van der Waals surface area contributed by atoms with E-state index in [0.29, 0.717) is 17.0 Å². The third-order valence-electron chi connectivity index (χ3n) is 6.26. The van der Waals surface area contributed by atoms with Crippen LogP contribution in [0.1, 0.15) is 49.0 Å². The summed E-state index contributed by atoms with van der Waals surface area (Å²) in [5, 5.41) is 28.3. The van der Waals surface area contributed by atoms with E-state index in [4.69, 9.17) is 20.8 Å². The highest BCUT2D eigenvalue weighted by molar-refractivity contribution is 6.53. The minimum Gasteiger partial charge on any atom is -0.454 e. The van der Waals surface area contributed by atoms with E-state index in [1.165, 1.54) is 0 Å². The van der Waals surface area contributed by atoms with E-state index in [-0.39, 0.29) is 41.5 Å². The predicted molar refractivity (Wildman–Crippen MR) is 128 cm³/mol. The number of amidine groups is 1. The molecule has 6 N–H and O–H groups in total. The van der Waals surface area contributed by atoms with Crippen molar-refractivity contribution >= 4 is 40.0 Å². The van der Waals surface area contributed by atoms with Gasteiger partial charge < -0.3 is 20.8 Å². The van der Waals surface area contributed by atoms with Gasteiger partial charge in [-0.2, -0.15) is 10.4 Å². The van der Waals surface area contributed by atoms with Crippen LogP contribution in [0, 0.1) is 30.6 Å². The number of amides is 2. The van der Waals surface area contributed by atoms with Crippen molar-refractivity contribution in [1.82, 2.24) is 16.1 Å². The van der Waals surface area contributed by atoms with Gasteiger partial charge in [0, 0.05) is 23.0 Å². The van der Waals surface area contributed by atoms with Gasteiger partial charge in [0.2, 0.25) is 5.91 Å². The van der Waals surface area contributed by atoms with Crippen molar-refractivity contribution in [2.75, 3.05) is 0 Å². The van der Waals surface area contributed by atoms with Crippen LogP contribution in [0.5, 0.6) is 0 Å². The Bertz CT molecular complexity index is 1270. The van der Waals surface area contributed by atoms with Crippen molar-refractivity contribution in [3.05, 3.63) is 40.7 Å². The summed E-state index contributed by atoms with van der Waals surface area (Å²) in [5.74, 6) is -0.365. The Labute approximate surface area is 196 Å². The average Bonchev–Trinajstić information content (AvgIpc) is 3.13. The fourth-order valence-electron chi connectivity index (χ4n) is 4.48. The Morgan fingerprint density at radius 2 is 1.94 bits per heavy atom. The molecular weight excluding hydrogens is 434 g/mol. The molecule has 1 aromatic carbocycles. The summed E-state index contributed by atoms with van der Waals surface area (Å²) in [4.78, 5) is 24.0. The van der Waals surface area contributed by atoms with Crippen molar-refractivity contribution in [3.8, 4) is 6.07 Å². The first-order valence-corrected chi connectivity index (χ1v) is 11.2. The third kappa shape index (κ3) is 4.50. The van der Waals surface area contributed by atoms with Gasteiger partial charge in [0.15, 0.2) is 11.6 Å². The predicted octanol–water partition coefficient (Wildman–Crippen LogP) is 2.11. The summed E-state index contributed by atoms with van der Waals surface area (Å²) < 4.78 is 6.20. The summed E-state index contributed by atoms with van der Waals surface area (Å²) in [5.41, 5.74) is 11.4. The number of hydrogen-bond donors (Lipinski definition) is 5. The van der Waals surface area contributed by atoms with Crippen molar-refractivity contribution in [2.24, 2.45) is 10.8 Å². The zero-order chi connectivity index (χ0) is 24.4. The second kappa shape index (κ2) is 9.39. The lowest BCUT2D eigenvalue weighted by Crippen LogP contribution is -2.44. The lowest BCUT2D eigenvalue weighted by atomic mass is 9.90. The first-order chi connectivity index (χ1) is 16.3. The Morgan fingerprint density at radius 3 is 2.62 bits per heavy atom. The molecule has 176 valence electrons. The molecule has 2 aromatic rings. The number of furan rings is 1. The molecule has 0 atom stereocenters. The molecule has 0 saturated heterocycles. The number of hydrazone groups is 1. The van der Waals surface area contributed by atoms with Crippen LogP contribution < -0.4 is 21.8 Å². The molecule has 1 aliphatic carbocycles. The van der Waals surface area contributed by atoms with Gasteiger partial charge >= 0.3 is 0 Å². The monoisotopic (exact) mass is 461 g/mol. The molecule has 1 aliphatic heterocycles. The number of hydrogen-bond acceptors (Lipinski definition) is 8. The molecule has 2 aliphatic rings. The molecule has 1 fully saturated rings. The van der Waals surface area contributed by atoms with Gasteiger partial charge in [-0.25, -0.2) is 5.43 Å². The van der Waals surface area contributed by atoms with Gasteiger partial charge in [-0.1, -0.05) is 11.6 Å². The van der Waals surface area contributed by atoms with Gasteiger partial charge in [-0.05, 0) is 51.7 Å². The molecule has 2 heterocycles. The largest absolute Gasteiger partial charge is 0.454 e. The summed E-state index contributed by atoms with van der Waals surface area (Å²) in [6.07, 6.45) is 2.79. The van der Waals surface area contributed by atoms with Gasteiger partial charge in [-0.15, -0.1) is 0 Å². The van der Waals surface area contributed by atoms with Gasteiger partial charge in [-0.3, -0.25) is 15.0 Å². The molecule has 2 amide bonds. The molecule has 1 aromatic heterocycles. The molecular formula is C24H27N7O3. The number of nitrogens with zero attached hydrogens (tertiary/aromatic N) is 2. The van der Waals surface area contributed by atoms with E-state index in [0.717, 1.165) is 42.2 Å². The summed E-state index contributed by atoms with van der Waals surface area (Å²) in [7, 11) is 0. The number of nitrogens with two attached hydrogens (primary N) is 1. The molecule has 4 rings (SSSR count). The second-order valence-electron chi connectivity index (χ2n) is 8.71. The number of benzene rings is 1. The first kappa shape index (κ1) is 23.0. The van der Waals surface area contributed by atoms with Crippen LogP contribution in [0.25, 0.3) is 16.7 Å². The first-order valence-electron chi connectivity index (χ1n) is 11.2. The zero-order valence-electron chi connectivity index (χ0n) is 19.1. The number of aryl methyl sites for hydroxylation is 2. The quantitative estimate of drug-likeness (QED) is 0.457. The number of nitrogens with one attached hydrogen (secondary N) is 4. The highest BCUT2D eigenvalue weighted by Gasteiger charge is 2.32. The minimum atomic E-state index is -0.642. The Hall–Kier alpha value is -4.13. The van der Waals surface area contributed by atoms with Crippen LogP contribution in [0.3, 0.4) is 0 Å². The Balaban J connectivity index is 1.68. The SMILES string of the molecule is Cc1ccc2oc(/C(NC3CCC(NC(=O)CC#N)CC3)=C3/C(=N)C(=O)NN=C3N)c(C)c2c1. The van der Waals surface area contributed by atoms with E-state index in [1.54, 1.807) is 0 Å². The Kier molecular flexibility index (Phi) is 6.36. The lowest BCUT2D eigenvalue weighted by molar-refractivity contribution is -0.121. The van der Waals surface area contributed by atoms with E-state index < -0.39 is 5.91 Å². The van der Waals surface area contributed by atoms with Crippen LogP contribution in [-0.4, -0.2) is 35.4 Å². The smallest absolute Gasteiger partial charge is 0.290 e. The van der Waals surface area contributed by atoms with Crippen molar-refractivity contribution in [3.63, 3.8) is 0 Å². The molecule has 10 nitrogen and oxygen atoms in total. The number of rotatable bonds is 5. The molecule has 0 radical (unpaired) electrons. The zero-order valence-corrected chi connectivity index (χ0v) is 19.1. The minimum absolute atomic E-state index is 0.00607. The van der Waals surface area contributed by atoms with E-state index in [9.17, 15) is 9.59 Å². The Morgan fingerprint density at radius 1 is 1.26 bits per heavy atom. The molecule has 0 bridgehead atoms. The van der Waals surface area contributed by atoms with Crippen molar-refractivity contribution in [1.29, 1.82) is 10.7 Å². The van der Waals surface area contributed by atoms with Crippen LogP contribution in [0.15, 0.2) is 33.3 Å². The van der Waals surface area contributed by atoms with Crippen molar-refractivity contribution in [2.45, 2.75) is 58.0 Å². The van der Waals surface area contributed by atoms with Crippen LogP contribution in [-0.2, 0) is 9.59 Å². The lowest BCUT2D eigenvalue weighted by Gasteiger charge is -2.31. The fourth-order valence-corrected chi connectivity index (χ4v) is 4.48. The number of fused-ring (bicyclic) bond motifs is 1. The van der Waals surface area contributed by atoms with Crippen LogP contribution in [0.2, 0.25) is 0 Å². The van der Waals surface area contributed by atoms with Crippen LogP contribution >= 0.6 is 0 Å². The standard InChI is InChI=1S/C24H27N7O3/c1-12-3-8-17-16(11-12)13(2)22(34-17)21(19-20(26)24(33)31-30-23(19)27)29-15-6-4-14(5-7-15)28-18(32)9-10-25/h3,8,11,14-15,26,29H,4-7,9H2,1-2H3,(H2,27,30)(H,28,32)(H,31,33)/b21-19+,26-20?. The van der Waals surface area contributed by atoms with Gasteiger partial charge in [0.1, 0.15) is 17.7 Å². The molecule has 10 heteroatoms. The van der Waals surface area contributed by atoms with E-state index in [1.807, 2.05) is 38.1 Å². The maximum atomic E-state index is 12.2. The fraction of sp³-hybridized carbons (Fsp3) is 0.375. The second-order valence-corrected chi connectivity index (χ2v) is 8.71. The molecule has 1 saturated carbocycles. The summed E-state index contributed by atoms with van der Waals surface area (Å²) >= 11 is 0.